The summed E-state index contributed by atoms with van der Waals surface area (Å²) in [5.74, 6) is 0.162. The number of carbonyl (C=O) groups excluding carboxylic acids is 2. The van der Waals surface area contributed by atoms with Gasteiger partial charge >= 0.3 is 5.97 Å². The third-order valence-electron chi connectivity index (χ3n) is 3.79. The van der Waals surface area contributed by atoms with Gasteiger partial charge in [0.15, 0.2) is 0 Å². The zero-order chi connectivity index (χ0) is 14.7. The molecule has 0 aliphatic carbocycles. The Hall–Kier alpha value is -1.84. The molecule has 1 aromatic carbocycles. The van der Waals surface area contributed by atoms with Gasteiger partial charge in [-0.05, 0) is 57.4 Å². The largest absolute Gasteiger partial charge is 0.427 e. The van der Waals surface area contributed by atoms with E-state index in [-0.39, 0.29) is 24.0 Å². The number of likely N-dealkylation sites (tertiary alicyclic amines) is 1. The van der Waals surface area contributed by atoms with Crippen molar-refractivity contribution >= 4 is 11.9 Å². The fourth-order valence-electron chi connectivity index (χ4n) is 2.80. The molecule has 0 bridgehead atoms. The zero-order valence-corrected chi connectivity index (χ0v) is 12.3. The predicted molar refractivity (Wildman–Crippen MR) is 76.7 cm³/mol. The van der Waals surface area contributed by atoms with E-state index < -0.39 is 0 Å². The molecule has 1 aromatic rings. The first kappa shape index (κ1) is 14.6. The summed E-state index contributed by atoms with van der Waals surface area (Å²) in [4.78, 5) is 25.4. The first-order valence-electron chi connectivity index (χ1n) is 7.10. The molecule has 2 rings (SSSR count). The van der Waals surface area contributed by atoms with Gasteiger partial charge in [-0.1, -0.05) is 0 Å². The highest BCUT2D eigenvalue weighted by Crippen LogP contribution is 2.25. The van der Waals surface area contributed by atoms with E-state index in [1.807, 2.05) is 4.90 Å². The third kappa shape index (κ3) is 3.18. The molecular formula is C16H21NO3. The topological polar surface area (TPSA) is 46.6 Å². The molecule has 2 unspecified atom stereocenters. The maximum atomic E-state index is 12.6. The summed E-state index contributed by atoms with van der Waals surface area (Å²) in [5, 5.41) is 0. The fourth-order valence-corrected chi connectivity index (χ4v) is 2.80. The normalized spacial score (nSPS) is 22.4. The van der Waals surface area contributed by atoms with E-state index >= 15 is 0 Å². The molecule has 2 atom stereocenters. The van der Waals surface area contributed by atoms with Crippen molar-refractivity contribution in [2.75, 3.05) is 0 Å². The minimum atomic E-state index is -0.359. The number of hydrogen-bond acceptors (Lipinski definition) is 3. The standard InChI is InChI=1S/C16H21NO3/c1-11-5-4-6-12(2)17(11)16(19)14-7-9-15(10-8-14)20-13(3)18/h7-12H,4-6H2,1-3H3. The SMILES string of the molecule is CC(=O)Oc1ccc(C(=O)N2C(C)CCCC2C)cc1. The zero-order valence-electron chi connectivity index (χ0n) is 12.3. The molecule has 1 aliphatic rings. The number of benzene rings is 1. The second-order valence-corrected chi connectivity index (χ2v) is 5.46. The molecule has 1 amide bonds. The molecule has 1 aliphatic heterocycles. The van der Waals surface area contributed by atoms with Crippen LogP contribution in [0, 0.1) is 0 Å². The van der Waals surface area contributed by atoms with Crippen molar-refractivity contribution in [2.45, 2.75) is 52.1 Å². The Bertz CT molecular complexity index is 485. The average Bonchev–Trinajstić information content (AvgIpc) is 2.38. The highest BCUT2D eigenvalue weighted by molar-refractivity contribution is 5.94. The lowest BCUT2D eigenvalue weighted by atomic mass is 9.96. The summed E-state index contributed by atoms with van der Waals surface area (Å²) in [6.07, 6.45) is 3.29. The molecule has 4 nitrogen and oxygen atoms in total. The molecule has 1 saturated heterocycles. The molecule has 0 saturated carbocycles. The van der Waals surface area contributed by atoms with Crippen LogP contribution in [0.25, 0.3) is 0 Å². The van der Waals surface area contributed by atoms with Gasteiger partial charge in [-0.25, -0.2) is 0 Å². The number of hydrogen-bond donors (Lipinski definition) is 0. The maximum Gasteiger partial charge on any atom is 0.308 e. The lowest BCUT2D eigenvalue weighted by Gasteiger charge is -2.39. The van der Waals surface area contributed by atoms with Crippen LogP contribution < -0.4 is 4.74 Å². The van der Waals surface area contributed by atoms with Gasteiger partial charge in [0.05, 0.1) is 0 Å². The highest BCUT2D eigenvalue weighted by Gasteiger charge is 2.29. The Morgan fingerprint density at radius 1 is 1.10 bits per heavy atom. The number of rotatable bonds is 2. The first-order chi connectivity index (χ1) is 9.49. The number of esters is 1. The van der Waals surface area contributed by atoms with Gasteiger partial charge in [0.1, 0.15) is 5.75 Å². The lowest BCUT2D eigenvalue weighted by molar-refractivity contribution is -0.131. The van der Waals surface area contributed by atoms with Gasteiger partial charge in [-0.3, -0.25) is 9.59 Å². The van der Waals surface area contributed by atoms with Crippen LogP contribution in [-0.4, -0.2) is 28.9 Å². The molecule has 0 N–H and O–H groups in total. The van der Waals surface area contributed by atoms with Crippen molar-refractivity contribution < 1.29 is 14.3 Å². The van der Waals surface area contributed by atoms with E-state index in [9.17, 15) is 9.59 Å². The van der Waals surface area contributed by atoms with E-state index in [1.165, 1.54) is 13.3 Å². The summed E-state index contributed by atoms with van der Waals surface area (Å²) in [6.45, 7) is 5.55. The van der Waals surface area contributed by atoms with Crippen molar-refractivity contribution in [3.8, 4) is 5.75 Å². The minimum Gasteiger partial charge on any atom is -0.427 e. The summed E-state index contributed by atoms with van der Waals surface area (Å²) in [7, 11) is 0. The van der Waals surface area contributed by atoms with Gasteiger partial charge in [0.25, 0.3) is 5.91 Å². The minimum absolute atomic E-state index is 0.0547. The van der Waals surface area contributed by atoms with Crippen molar-refractivity contribution in [3.05, 3.63) is 29.8 Å². The van der Waals surface area contributed by atoms with Crippen LogP contribution in [0.5, 0.6) is 5.75 Å². The van der Waals surface area contributed by atoms with Crippen LogP contribution in [0.1, 0.15) is 50.4 Å². The van der Waals surface area contributed by atoms with Crippen LogP contribution in [-0.2, 0) is 4.79 Å². The molecule has 1 heterocycles. The quantitative estimate of drug-likeness (QED) is 0.615. The van der Waals surface area contributed by atoms with Crippen molar-refractivity contribution in [1.82, 2.24) is 4.90 Å². The molecular weight excluding hydrogens is 254 g/mol. The maximum absolute atomic E-state index is 12.6. The Morgan fingerprint density at radius 3 is 2.15 bits per heavy atom. The first-order valence-corrected chi connectivity index (χ1v) is 7.10. The van der Waals surface area contributed by atoms with Gasteiger partial charge in [0.2, 0.25) is 0 Å². The lowest BCUT2D eigenvalue weighted by Crippen LogP contribution is -2.47. The molecule has 108 valence electrons. The van der Waals surface area contributed by atoms with Crippen molar-refractivity contribution in [1.29, 1.82) is 0 Å². The Balaban J connectivity index is 2.14. The summed E-state index contributed by atoms with van der Waals surface area (Å²) in [5.41, 5.74) is 0.640. The summed E-state index contributed by atoms with van der Waals surface area (Å²) in [6, 6.07) is 7.31. The molecule has 0 radical (unpaired) electrons. The summed E-state index contributed by atoms with van der Waals surface area (Å²) < 4.78 is 4.97. The molecule has 1 fully saturated rings. The fraction of sp³-hybridized carbons (Fsp3) is 0.500. The smallest absolute Gasteiger partial charge is 0.308 e. The van der Waals surface area contributed by atoms with Crippen molar-refractivity contribution in [3.63, 3.8) is 0 Å². The monoisotopic (exact) mass is 275 g/mol. The van der Waals surface area contributed by atoms with Gasteiger partial charge in [0, 0.05) is 24.6 Å². The van der Waals surface area contributed by atoms with Crippen molar-refractivity contribution in [2.24, 2.45) is 0 Å². The number of piperidine rings is 1. The second kappa shape index (κ2) is 6.07. The number of ether oxygens (including phenoxy) is 1. The Morgan fingerprint density at radius 2 is 1.65 bits per heavy atom. The average molecular weight is 275 g/mol. The van der Waals surface area contributed by atoms with Gasteiger partial charge < -0.3 is 9.64 Å². The third-order valence-corrected chi connectivity index (χ3v) is 3.79. The molecule has 4 heteroatoms. The molecule has 0 spiro atoms. The van der Waals surface area contributed by atoms with Crippen LogP contribution >= 0.6 is 0 Å². The van der Waals surface area contributed by atoms with E-state index in [0.717, 1.165) is 12.8 Å². The number of carbonyl (C=O) groups is 2. The highest BCUT2D eigenvalue weighted by atomic mass is 16.5. The second-order valence-electron chi connectivity index (χ2n) is 5.46. The Kier molecular flexibility index (Phi) is 4.42. The Labute approximate surface area is 119 Å². The van der Waals surface area contributed by atoms with Gasteiger partial charge in [-0.2, -0.15) is 0 Å². The van der Waals surface area contributed by atoms with E-state index in [2.05, 4.69) is 13.8 Å². The van der Waals surface area contributed by atoms with E-state index in [0.29, 0.717) is 11.3 Å². The molecule has 0 aromatic heterocycles. The van der Waals surface area contributed by atoms with Crippen LogP contribution in [0.2, 0.25) is 0 Å². The predicted octanol–water partition coefficient (Wildman–Crippen LogP) is 3.02. The van der Waals surface area contributed by atoms with Crippen LogP contribution in [0.3, 0.4) is 0 Å². The summed E-state index contributed by atoms with van der Waals surface area (Å²) >= 11 is 0. The number of nitrogens with zero attached hydrogens (tertiary/aromatic N) is 1. The van der Waals surface area contributed by atoms with Gasteiger partial charge in [-0.15, -0.1) is 0 Å². The van der Waals surface area contributed by atoms with E-state index in [1.54, 1.807) is 24.3 Å². The number of amides is 1. The van der Waals surface area contributed by atoms with E-state index in [4.69, 9.17) is 4.74 Å². The van der Waals surface area contributed by atoms with Crippen LogP contribution in [0.4, 0.5) is 0 Å². The van der Waals surface area contributed by atoms with Crippen LogP contribution in [0.15, 0.2) is 24.3 Å². The molecule has 20 heavy (non-hydrogen) atoms.